The van der Waals surface area contributed by atoms with E-state index in [9.17, 15) is 9.59 Å². The van der Waals surface area contributed by atoms with Crippen LogP contribution in [0.15, 0.2) is 95.9 Å². The maximum Gasteiger partial charge on any atom is 0.293 e. The first-order valence-electron chi connectivity index (χ1n) is 11.0. The minimum absolute atomic E-state index is 0.226. The second kappa shape index (κ2) is 9.89. The lowest BCUT2D eigenvalue weighted by molar-refractivity contribution is 0.102. The van der Waals surface area contributed by atoms with E-state index in [-0.39, 0.29) is 16.5 Å². The summed E-state index contributed by atoms with van der Waals surface area (Å²) in [6.07, 6.45) is 1.60. The third-order valence-corrected chi connectivity index (χ3v) is 5.90. The number of nitrogens with one attached hydrogen (secondary N) is 2. The fraction of sp³-hybridized carbons (Fsp3) is 0.0370. The highest BCUT2D eigenvalue weighted by molar-refractivity contribution is 6.36. The summed E-state index contributed by atoms with van der Waals surface area (Å²) in [7, 11) is 1.38. The molecule has 0 atom stereocenters. The molecule has 5 rings (SSSR count). The molecule has 0 aliphatic carbocycles. The minimum atomic E-state index is -0.456. The first-order chi connectivity index (χ1) is 17.5. The molecule has 2 aromatic heterocycles. The smallest absolute Gasteiger partial charge is 0.293 e. The van der Waals surface area contributed by atoms with Crippen LogP contribution in [0, 0.1) is 0 Å². The second-order valence-corrected chi connectivity index (χ2v) is 8.17. The fourth-order valence-corrected chi connectivity index (χ4v) is 4.04. The number of amides is 1. The van der Waals surface area contributed by atoms with Gasteiger partial charge in [-0.25, -0.2) is 4.98 Å². The molecule has 0 fully saturated rings. The molecule has 0 bridgehead atoms. The Balaban J connectivity index is 1.54. The lowest BCUT2D eigenvalue weighted by atomic mass is 10.1. The average Bonchev–Trinajstić information content (AvgIpc) is 2.91. The van der Waals surface area contributed by atoms with Crippen molar-refractivity contribution < 1.29 is 9.63 Å². The monoisotopic (exact) mass is 497 g/mol. The van der Waals surface area contributed by atoms with Gasteiger partial charge >= 0.3 is 0 Å². The van der Waals surface area contributed by atoms with E-state index >= 15 is 0 Å². The molecule has 1 amide bonds. The Kier molecular flexibility index (Phi) is 6.34. The summed E-state index contributed by atoms with van der Waals surface area (Å²) in [6.45, 7) is 0. The van der Waals surface area contributed by atoms with Gasteiger partial charge in [-0.05, 0) is 36.4 Å². The molecule has 178 valence electrons. The summed E-state index contributed by atoms with van der Waals surface area (Å²) in [6, 6.07) is 25.0. The summed E-state index contributed by atoms with van der Waals surface area (Å²) in [5.41, 5.74) is 2.23. The van der Waals surface area contributed by atoms with Gasteiger partial charge in [0.05, 0.1) is 16.3 Å². The first kappa shape index (κ1) is 23.1. The van der Waals surface area contributed by atoms with E-state index in [1.807, 2.05) is 36.4 Å². The molecule has 0 saturated heterocycles. The van der Waals surface area contributed by atoms with E-state index in [2.05, 4.69) is 20.6 Å². The van der Waals surface area contributed by atoms with E-state index in [1.54, 1.807) is 54.7 Å². The summed E-state index contributed by atoms with van der Waals surface area (Å²) >= 11 is 6.66. The number of pyridine rings is 1. The molecule has 9 heteroatoms. The molecule has 8 nitrogen and oxygen atoms in total. The number of hydrogen-bond donors (Lipinski definition) is 2. The molecular formula is C27H20ClN5O3. The quantitative estimate of drug-likeness (QED) is 0.336. The van der Waals surface area contributed by atoms with Crippen molar-refractivity contribution in [3.63, 3.8) is 0 Å². The second-order valence-electron chi connectivity index (χ2n) is 7.79. The van der Waals surface area contributed by atoms with Gasteiger partial charge in [0, 0.05) is 28.4 Å². The summed E-state index contributed by atoms with van der Waals surface area (Å²) in [4.78, 5) is 40.3. The lowest BCUT2D eigenvalue weighted by Crippen LogP contribution is -2.27. The van der Waals surface area contributed by atoms with Gasteiger partial charge in [0.1, 0.15) is 7.11 Å². The van der Waals surface area contributed by atoms with Gasteiger partial charge in [0.15, 0.2) is 5.65 Å². The zero-order valence-electron chi connectivity index (χ0n) is 19.1. The van der Waals surface area contributed by atoms with Crippen LogP contribution in [0.1, 0.15) is 10.4 Å². The number of fused-ring (bicyclic) bond motifs is 1. The number of carbonyl (C=O) groups is 1. The van der Waals surface area contributed by atoms with Crippen LogP contribution in [-0.4, -0.2) is 27.7 Å². The predicted molar refractivity (Wildman–Crippen MR) is 141 cm³/mol. The molecule has 36 heavy (non-hydrogen) atoms. The maximum atomic E-state index is 13.4. The van der Waals surface area contributed by atoms with E-state index in [4.69, 9.17) is 16.4 Å². The van der Waals surface area contributed by atoms with E-state index in [0.717, 1.165) is 10.4 Å². The van der Waals surface area contributed by atoms with Gasteiger partial charge in [0.25, 0.3) is 11.5 Å². The number of para-hydroxylation sites is 1. The standard InChI is InChI=1S/C27H20ClN5O3/c1-36-33-24-18(16-29-27(32-24)30-19-11-6-3-7-12-19)15-21(26(33)35)20-13-8-14-22(23(20)28)31-25(34)17-9-4-2-5-10-17/h2-16H,1H3,(H,31,34)(H,29,30,32). The summed E-state index contributed by atoms with van der Waals surface area (Å²) < 4.78 is 1.09. The molecule has 0 radical (unpaired) electrons. The number of rotatable bonds is 6. The third-order valence-electron chi connectivity index (χ3n) is 5.49. The summed E-state index contributed by atoms with van der Waals surface area (Å²) in [5, 5.41) is 6.71. The van der Waals surface area contributed by atoms with Crippen LogP contribution in [0.4, 0.5) is 17.3 Å². The molecule has 0 aliphatic heterocycles. The Labute approximate surface area is 211 Å². The Morgan fingerprint density at radius 2 is 1.67 bits per heavy atom. The van der Waals surface area contributed by atoms with E-state index < -0.39 is 5.56 Å². The Morgan fingerprint density at radius 3 is 2.39 bits per heavy atom. The molecule has 2 N–H and O–H groups in total. The number of halogens is 1. The SMILES string of the molecule is COn1c(=O)c(-c2cccc(NC(=O)c3ccccc3)c2Cl)cc2cnc(Nc3ccccc3)nc21. The van der Waals surface area contributed by atoms with Gasteiger partial charge in [-0.3, -0.25) is 9.59 Å². The number of nitrogens with zero attached hydrogens (tertiary/aromatic N) is 3. The molecule has 2 heterocycles. The van der Waals surface area contributed by atoms with Crippen molar-refractivity contribution in [2.24, 2.45) is 0 Å². The van der Waals surface area contributed by atoms with Crippen LogP contribution in [0.2, 0.25) is 5.02 Å². The van der Waals surface area contributed by atoms with E-state index in [1.165, 1.54) is 7.11 Å². The Morgan fingerprint density at radius 1 is 0.944 bits per heavy atom. The predicted octanol–water partition coefficient (Wildman–Crippen LogP) is 5.17. The highest BCUT2D eigenvalue weighted by Gasteiger charge is 2.18. The molecular weight excluding hydrogens is 478 g/mol. The molecule has 0 aliphatic rings. The maximum absolute atomic E-state index is 13.4. The molecule has 0 unspecified atom stereocenters. The number of carbonyl (C=O) groups excluding carboxylic acids is 1. The van der Waals surface area contributed by atoms with Crippen LogP contribution in [0.5, 0.6) is 0 Å². The Hall–Kier alpha value is -4.69. The molecule has 0 spiro atoms. The first-order valence-corrected chi connectivity index (χ1v) is 11.4. The zero-order chi connectivity index (χ0) is 25.1. The van der Waals surface area contributed by atoms with Crippen molar-refractivity contribution in [3.05, 3.63) is 112 Å². The number of benzene rings is 3. The zero-order valence-corrected chi connectivity index (χ0v) is 19.9. The van der Waals surface area contributed by atoms with E-state index in [0.29, 0.717) is 33.8 Å². The van der Waals surface area contributed by atoms with Crippen molar-refractivity contribution in [2.45, 2.75) is 0 Å². The normalized spacial score (nSPS) is 10.7. The molecule has 0 saturated carbocycles. The van der Waals surface area contributed by atoms with Crippen molar-refractivity contribution in [3.8, 4) is 11.1 Å². The topological polar surface area (TPSA) is 98.1 Å². The van der Waals surface area contributed by atoms with Gasteiger partial charge in [-0.2, -0.15) is 4.98 Å². The summed E-state index contributed by atoms with van der Waals surface area (Å²) in [5.74, 6) is 0.00427. The average molecular weight is 498 g/mol. The van der Waals surface area contributed by atoms with Crippen LogP contribution < -0.4 is 21.0 Å². The van der Waals surface area contributed by atoms with Crippen LogP contribution in [-0.2, 0) is 0 Å². The lowest BCUT2D eigenvalue weighted by Gasteiger charge is -2.14. The molecule has 5 aromatic rings. The molecule has 3 aromatic carbocycles. The highest BCUT2D eigenvalue weighted by Crippen LogP contribution is 2.33. The third kappa shape index (κ3) is 4.49. The number of aromatic nitrogens is 3. The van der Waals surface area contributed by atoms with Crippen LogP contribution in [0.25, 0.3) is 22.2 Å². The van der Waals surface area contributed by atoms with Crippen molar-refractivity contribution in [1.82, 2.24) is 14.7 Å². The van der Waals surface area contributed by atoms with Crippen molar-refractivity contribution in [1.29, 1.82) is 0 Å². The van der Waals surface area contributed by atoms with Gasteiger partial charge in [-0.1, -0.05) is 60.1 Å². The minimum Gasteiger partial charge on any atom is -0.412 e. The number of anilines is 3. The van der Waals surface area contributed by atoms with Crippen molar-refractivity contribution >= 4 is 45.9 Å². The van der Waals surface area contributed by atoms with Gasteiger partial charge in [0.2, 0.25) is 5.95 Å². The fourth-order valence-electron chi connectivity index (χ4n) is 3.76. The van der Waals surface area contributed by atoms with Gasteiger partial charge in [-0.15, -0.1) is 4.73 Å². The largest absolute Gasteiger partial charge is 0.412 e. The number of hydrogen-bond acceptors (Lipinski definition) is 6. The Bertz CT molecular complexity index is 1620. The van der Waals surface area contributed by atoms with Crippen LogP contribution >= 0.6 is 11.6 Å². The van der Waals surface area contributed by atoms with Crippen molar-refractivity contribution in [2.75, 3.05) is 17.7 Å². The van der Waals surface area contributed by atoms with Gasteiger partial charge < -0.3 is 15.5 Å². The highest BCUT2D eigenvalue weighted by atomic mass is 35.5. The van der Waals surface area contributed by atoms with Crippen LogP contribution in [0.3, 0.4) is 0 Å².